The van der Waals surface area contributed by atoms with Crippen LogP contribution in [0.4, 0.5) is 0 Å². The zero-order chi connectivity index (χ0) is 15.6. The molecule has 2 rings (SSSR count). The highest BCUT2D eigenvalue weighted by Crippen LogP contribution is 2.48. The molecule has 1 atom stereocenters. The van der Waals surface area contributed by atoms with Gasteiger partial charge in [0.15, 0.2) is 0 Å². The average Bonchev–Trinajstić information content (AvgIpc) is 2.63. The summed E-state index contributed by atoms with van der Waals surface area (Å²) in [6, 6.07) is 0. The van der Waals surface area contributed by atoms with E-state index in [-0.39, 0.29) is 27.6 Å². The molecule has 5 nitrogen and oxygen atoms in total. The van der Waals surface area contributed by atoms with Gasteiger partial charge in [0.2, 0.25) is 5.91 Å². The normalized spacial score (nSPS) is 25.6. The lowest BCUT2D eigenvalue weighted by Gasteiger charge is -2.43. The Bertz CT molecular complexity index is 444. The second-order valence-electron chi connectivity index (χ2n) is 6.20. The molecule has 2 aliphatic heterocycles. The van der Waals surface area contributed by atoms with Gasteiger partial charge in [0, 0.05) is 32.5 Å². The third kappa shape index (κ3) is 3.66. The monoisotopic (exact) mass is 312 g/mol. The molecule has 0 N–H and O–H groups in total. The van der Waals surface area contributed by atoms with Crippen molar-refractivity contribution in [3.05, 3.63) is 0 Å². The summed E-state index contributed by atoms with van der Waals surface area (Å²) in [4.78, 5) is 39.3. The molecule has 0 aromatic heterocycles. The van der Waals surface area contributed by atoms with Crippen LogP contribution in [0.5, 0.6) is 0 Å². The van der Waals surface area contributed by atoms with Gasteiger partial charge in [-0.1, -0.05) is 0 Å². The maximum atomic E-state index is 12.6. The first-order chi connectivity index (χ1) is 9.84. The summed E-state index contributed by atoms with van der Waals surface area (Å²) in [5, 5.41) is -0.266. The minimum atomic E-state index is -0.266. The third-order valence-corrected chi connectivity index (χ3v) is 6.04. The van der Waals surface area contributed by atoms with Gasteiger partial charge in [0.25, 0.3) is 0 Å². The van der Waals surface area contributed by atoms with E-state index in [9.17, 15) is 14.4 Å². The standard InChI is InChI=1S/C15H24N2O3S/c1-11(18)4-7-17-14(20)13(10-12(2)19)21-15(17)5-8-16(3)9-6-15/h13H,4-10H2,1-3H3. The molecule has 1 unspecified atom stereocenters. The van der Waals surface area contributed by atoms with Crippen LogP contribution in [0, 0.1) is 0 Å². The molecular formula is C15H24N2O3S. The van der Waals surface area contributed by atoms with Crippen molar-refractivity contribution in [3.8, 4) is 0 Å². The SMILES string of the molecule is CC(=O)CCN1C(=O)C(CC(C)=O)SC12CCN(C)CC2. The molecule has 2 aliphatic rings. The van der Waals surface area contributed by atoms with Crippen molar-refractivity contribution in [1.29, 1.82) is 0 Å². The van der Waals surface area contributed by atoms with Crippen molar-refractivity contribution in [2.24, 2.45) is 0 Å². The Kier molecular flexibility index (Phi) is 5.09. The van der Waals surface area contributed by atoms with Gasteiger partial charge in [-0.15, -0.1) is 11.8 Å². The van der Waals surface area contributed by atoms with Crippen molar-refractivity contribution < 1.29 is 14.4 Å². The summed E-state index contributed by atoms with van der Waals surface area (Å²) in [5.41, 5.74) is 0. The van der Waals surface area contributed by atoms with Crippen LogP contribution in [0.25, 0.3) is 0 Å². The quantitative estimate of drug-likeness (QED) is 0.766. The molecule has 0 aromatic carbocycles. The number of carbonyl (C=O) groups excluding carboxylic acids is 3. The smallest absolute Gasteiger partial charge is 0.237 e. The average molecular weight is 312 g/mol. The fourth-order valence-electron chi connectivity index (χ4n) is 3.08. The lowest BCUT2D eigenvalue weighted by atomic mass is 10.0. The van der Waals surface area contributed by atoms with Crippen molar-refractivity contribution in [2.45, 2.75) is 49.7 Å². The Morgan fingerprint density at radius 1 is 1.24 bits per heavy atom. The second kappa shape index (κ2) is 6.48. The third-order valence-electron chi connectivity index (χ3n) is 4.32. The Morgan fingerprint density at radius 3 is 2.38 bits per heavy atom. The number of Topliss-reactive ketones (excluding diaryl/α,β-unsaturated/α-hetero) is 2. The Hall–Kier alpha value is -0.880. The predicted molar refractivity (Wildman–Crippen MR) is 83.2 cm³/mol. The minimum absolute atomic E-state index is 0.0426. The van der Waals surface area contributed by atoms with Gasteiger partial charge in [-0.05, 0) is 33.7 Å². The molecule has 118 valence electrons. The highest BCUT2D eigenvalue weighted by molar-refractivity contribution is 8.02. The van der Waals surface area contributed by atoms with Crippen LogP contribution in [-0.2, 0) is 14.4 Å². The van der Waals surface area contributed by atoms with E-state index in [0.717, 1.165) is 25.9 Å². The largest absolute Gasteiger partial charge is 0.326 e. The second-order valence-corrected chi connectivity index (χ2v) is 7.77. The lowest BCUT2D eigenvalue weighted by molar-refractivity contribution is -0.135. The number of thioether (sulfide) groups is 1. The molecule has 1 amide bonds. The van der Waals surface area contributed by atoms with E-state index in [1.807, 2.05) is 4.90 Å². The molecule has 0 bridgehead atoms. The van der Waals surface area contributed by atoms with Crippen LogP contribution < -0.4 is 0 Å². The number of ketones is 2. The number of hydrogen-bond acceptors (Lipinski definition) is 5. The van der Waals surface area contributed by atoms with Crippen molar-refractivity contribution >= 4 is 29.2 Å². The summed E-state index contributed by atoms with van der Waals surface area (Å²) in [6.07, 6.45) is 2.52. The Labute approximate surface area is 130 Å². The highest BCUT2D eigenvalue weighted by Gasteiger charge is 2.52. The van der Waals surface area contributed by atoms with E-state index in [1.54, 1.807) is 18.7 Å². The molecule has 2 saturated heterocycles. The van der Waals surface area contributed by atoms with Crippen LogP contribution in [0.3, 0.4) is 0 Å². The minimum Gasteiger partial charge on any atom is -0.326 e. The van der Waals surface area contributed by atoms with Crippen LogP contribution in [0.1, 0.15) is 39.5 Å². The molecule has 2 heterocycles. The van der Waals surface area contributed by atoms with Crippen LogP contribution >= 0.6 is 11.8 Å². The maximum absolute atomic E-state index is 12.6. The summed E-state index contributed by atoms with van der Waals surface area (Å²) in [6.45, 7) is 5.47. The Morgan fingerprint density at radius 2 is 1.86 bits per heavy atom. The molecule has 0 saturated carbocycles. The fourth-order valence-corrected chi connectivity index (χ4v) is 4.88. The molecule has 1 spiro atoms. The van der Waals surface area contributed by atoms with Gasteiger partial charge >= 0.3 is 0 Å². The van der Waals surface area contributed by atoms with E-state index in [4.69, 9.17) is 0 Å². The van der Waals surface area contributed by atoms with Crippen LogP contribution in [0.15, 0.2) is 0 Å². The van der Waals surface area contributed by atoms with Crippen molar-refractivity contribution in [1.82, 2.24) is 9.80 Å². The van der Waals surface area contributed by atoms with Gasteiger partial charge in [-0.25, -0.2) is 0 Å². The molecule has 0 radical (unpaired) electrons. The topological polar surface area (TPSA) is 57.7 Å². The number of amides is 1. The number of rotatable bonds is 5. The molecule has 0 aliphatic carbocycles. The van der Waals surface area contributed by atoms with Gasteiger partial charge in [0.1, 0.15) is 11.6 Å². The van der Waals surface area contributed by atoms with Gasteiger partial charge < -0.3 is 9.80 Å². The first kappa shape index (κ1) is 16.5. The van der Waals surface area contributed by atoms with Gasteiger partial charge in [0.05, 0.1) is 10.1 Å². The first-order valence-electron chi connectivity index (χ1n) is 7.51. The summed E-state index contributed by atoms with van der Waals surface area (Å²) in [7, 11) is 2.08. The Balaban J connectivity index is 2.16. The summed E-state index contributed by atoms with van der Waals surface area (Å²) >= 11 is 1.65. The van der Waals surface area contributed by atoms with E-state index >= 15 is 0 Å². The molecule has 2 fully saturated rings. The number of piperidine rings is 1. The number of likely N-dealkylation sites (tertiary alicyclic amines) is 1. The molecular weight excluding hydrogens is 288 g/mol. The van der Waals surface area contributed by atoms with E-state index in [1.165, 1.54) is 6.92 Å². The van der Waals surface area contributed by atoms with E-state index in [2.05, 4.69) is 11.9 Å². The fraction of sp³-hybridized carbons (Fsp3) is 0.800. The van der Waals surface area contributed by atoms with Gasteiger partial charge in [-0.2, -0.15) is 0 Å². The maximum Gasteiger partial charge on any atom is 0.237 e. The van der Waals surface area contributed by atoms with E-state index in [0.29, 0.717) is 19.4 Å². The molecule has 21 heavy (non-hydrogen) atoms. The van der Waals surface area contributed by atoms with Crippen molar-refractivity contribution in [2.75, 3.05) is 26.7 Å². The van der Waals surface area contributed by atoms with E-state index < -0.39 is 0 Å². The van der Waals surface area contributed by atoms with Gasteiger partial charge in [-0.3, -0.25) is 14.4 Å². The number of nitrogens with zero attached hydrogens (tertiary/aromatic N) is 2. The molecule has 6 heteroatoms. The first-order valence-corrected chi connectivity index (χ1v) is 8.39. The lowest BCUT2D eigenvalue weighted by Crippen LogP contribution is -2.51. The highest BCUT2D eigenvalue weighted by atomic mass is 32.2. The number of hydrogen-bond donors (Lipinski definition) is 0. The van der Waals surface area contributed by atoms with Crippen molar-refractivity contribution in [3.63, 3.8) is 0 Å². The zero-order valence-electron chi connectivity index (χ0n) is 13.1. The van der Waals surface area contributed by atoms with Crippen LogP contribution in [-0.4, -0.2) is 64.1 Å². The summed E-state index contributed by atoms with van der Waals surface area (Å²) in [5.74, 6) is 0.198. The number of carbonyl (C=O) groups is 3. The molecule has 0 aromatic rings. The zero-order valence-corrected chi connectivity index (χ0v) is 13.9. The predicted octanol–water partition coefficient (Wildman–Crippen LogP) is 1.31. The van der Waals surface area contributed by atoms with Crippen LogP contribution in [0.2, 0.25) is 0 Å². The summed E-state index contributed by atoms with van der Waals surface area (Å²) < 4.78 is 0.